The van der Waals surface area contributed by atoms with Crippen LogP contribution in [0.2, 0.25) is 5.02 Å². The van der Waals surface area contributed by atoms with E-state index in [4.69, 9.17) is 21.1 Å². The van der Waals surface area contributed by atoms with Gasteiger partial charge in [0.15, 0.2) is 17.3 Å². The minimum atomic E-state index is 0.00318. The lowest BCUT2D eigenvalue weighted by Crippen LogP contribution is -2.36. The smallest absolute Gasteiger partial charge is 0.180 e. The number of ketones is 1. The number of halogens is 1. The van der Waals surface area contributed by atoms with E-state index in [-0.39, 0.29) is 11.9 Å². The molecule has 1 fully saturated rings. The van der Waals surface area contributed by atoms with Crippen LogP contribution in [0.1, 0.15) is 46.1 Å². The van der Waals surface area contributed by atoms with Gasteiger partial charge in [0.25, 0.3) is 0 Å². The molecule has 25 heavy (non-hydrogen) atoms. The molecule has 0 atom stereocenters. The van der Waals surface area contributed by atoms with Crippen molar-refractivity contribution in [1.29, 1.82) is 0 Å². The quantitative estimate of drug-likeness (QED) is 0.662. The van der Waals surface area contributed by atoms with E-state index in [1.165, 1.54) is 0 Å². The first-order chi connectivity index (χ1) is 11.9. The molecule has 4 nitrogen and oxygen atoms in total. The van der Waals surface area contributed by atoms with Crippen LogP contribution in [0, 0.1) is 0 Å². The number of hydrogen-bond acceptors (Lipinski definition) is 4. The second-order valence-electron chi connectivity index (χ2n) is 6.55. The zero-order valence-corrected chi connectivity index (χ0v) is 16.4. The van der Waals surface area contributed by atoms with E-state index >= 15 is 0 Å². The number of nitrogens with zero attached hydrogens (tertiary/aromatic N) is 1. The molecule has 0 saturated carbocycles. The monoisotopic (exact) mass is 365 g/mol. The Bertz CT molecular complexity index is 640. The van der Waals surface area contributed by atoms with E-state index in [1.807, 2.05) is 39.0 Å². The van der Waals surface area contributed by atoms with E-state index in [1.54, 1.807) is 0 Å². The van der Waals surface area contributed by atoms with Crippen LogP contribution in [-0.2, 0) is 4.79 Å². The highest BCUT2D eigenvalue weighted by Gasteiger charge is 2.21. The van der Waals surface area contributed by atoms with Gasteiger partial charge in [-0.25, -0.2) is 0 Å². The van der Waals surface area contributed by atoms with Crippen LogP contribution in [0.15, 0.2) is 17.7 Å². The van der Waals surface area contributed by atoms with Crippen LogP contribution >= 0.6 is 11.6 Å². The van der Waals surface area contributed by atoms with Crippen molar-refractivity contribution >= 4 is 23.5 Å². The summed E-state index contributed by atoms with van der Waals surface area (Å²) in [5, 5.41) is 0.500. The van der Waals surface area contributed by atoms with E-state index in [2.05, 4.69) is 11.8 Å². The van der Waals surface area contributed by atoms with Crippen LogP contribution in [0.4, 0.5) is 0 Å². The van der Waals surface area contributed by atoms with Gasteiger partial charge in [-0.05, 0) is 57.5 Å². The van der Waals surface area contributed by atoms with Gasteiger partial charge in [-0.2, -0.15) is 0 Å². The summed E-state index contributed by atoms with van der Waals surface area (Å²) in [7, 11) is 0. The van der Waals surface area contributed by atoms with E-state index in [9.17, 15) is 4.79 Å². The second-order valence-corrected chi connectivity index (χ2v) is 6.96. The number of likely N-dealkylation sites (tertiary alicyclic amines) is 1. The Hall–Kier alpha value is -1.52. The summed E-state index contributed by atoms with van der Waals surface area (Å²) in [6, 6.07) is 3.73. The number of piperidine rings is 1. The maximum absolute atomic E-state index is 12.3. The highest BCUT2D eigenvalue weighted by Crippen LogP contribution is 2.38. The number of ether oxygens (including phenoxy) is 2. The largest absolute Gasteiger partial charge is 0.490 e. The van der Waals surface area contributed by atoms with Gasteiger partial charge in [-0.15, -0.1) is 0 Å². The molecule has 0 amide bonds. The molecule has 0 aromatic heterocycles. The van der Waals surface area contributed by atoms with Gasteiger partial charge in [0.1, 0.15) is 0 Å². The molecule has 0 bridgehead atoms. The van der Waals surface area contributed by atoms with Gasteiger partial charge in [-0.3, -0.25) is 9.69 Å². The lowest BCUT2D eigenvalue weighted by atomic mass is 10.00. The molecular formula is C20H28ClNO3. The van der Waals surface area contributed by atoms with Gasteiger partial charge in [0.2, 0.25) is 0 Å². The molecule has 1 aromatic rings. The Morgan fingerprint density at radius 2 is 2.08 bits per heavy atom. The molecule has 5 heteroatoms. The lowest BCUT2D eigenvalue weighted by molar-refractivity contribution is -0.117. The van der Waals surface area contributed by atoms with Crippen LogP contribution < -0.4 is 9.47 Å². The van der Waals surface area contributed by atoms with E-state index < -0.39 is 0 Å². The molecule has 2 rings (SSSR count). The lowest BCUT2D eigenvalue weighted by Gasteiger charge is -2.27. The number of hydrogen-bond donors (Lipinski definition) is 0. The molecule has 0 unspecified atom stereocenters. The molecule has 1 aliphatic rings. The summed E-state index contributed by atoms with van der Waals surface area (Å²) in [5.74, 6) is 1.39. The number of Topliss-reactive ketones (excluding diaryl/α,β-unsaturated/α-hetero) is 1. The van der Waals surface area contributed by atoms with Gasteiger partial charge in [0, 0.05) is 25.1 Å². The summed E-state index contributed by atoms with van der Waals surface area (Å²) in [6.07, 6.45) is 3.59. The normalized spacial score (nSPS) is 17.4. The SMILES string of the molecule is CCCN1CCC(=O)/C(=C/c2cc(Cl)c(OC(C)C)c(OCC)c2)C1. The highest BCUT2D eigenvalue weighted by molar-refractivity contribution is 6.32. The fourth-order valence-electron chi connectivity index (χ4n) is 2.95. The van der Waals surface area contributed by atoms with Crippen molar-refractivity contribution < 1.29 is 14.3 Å². The number of carbonyl (C=O) groups is 1. The van der Waals surface area contributed by atoms with Crippen molar-refractivity contribution in [2.75, 3.05) is 26.2 Å². The fourth-order valence-corrected chi connectivity index (χ4v) is 3.21. The average Bonchev–Trinajstić information content (AvgIpc) is 2.54. The molecule has 1 saturated heterocycles. The first-order valence-corrected chi connectivity index (χ1v) is 9.41. The van der Waals surface area contributed by atoms with Crippen LogP contribution in [0.25, 0.3) is 6.08 Å². The predicted octanol–water partition coefficient (Wildman–Crippen LogP) is 4.59. The van der Waals surface area contributed by atoms with Gasteiger partial charge >= 0.3 is 0 Å². The molecule has 138 valence electrons. The Balaban J connectivity index is 2.33. The number of rotatable bonds is 7. The summed E-state index contributed by atoms with van der Waals surface area (Å²) in [4.78, 5) is 14.6. The molecule has 1 aromatic carbocycles. The van der Waals surface area contributed by atoms with Crippen molar-refractivity contribution in [3.05, 3.63) is 28.3 Å². The Kier molecular flexibility index (Phi) is 7.33. The molecule has 0 radical (unpaired) electrons. The standard InChI is InChI=1S/C20H28ClNO3/c1-5-8-22-9-7-18(23)16(13-22)10-15-11-17(21)20(25-14(3)4)19(12-15)24-6-2/h10-12,14H,5-9,13H2,1-4H3/b16-10+. The van der Waals surface area contributed by atoms with Gasteiger partial charge in [-0.1, -0.05) is 18.5 Å². The van der Waals surface area contributed by atoms with Crippen molar-refractivity contribution in [1.82, 2.24) is 4.90 Å². The zero-order valence-electron chi connectivity index (χ0n) is 15.6. The van der Waals surface area contributed by atoms with Crippen molar-refractivity contribution in [2.45, 2.75) is 46.6 Å². The molecule has 0 spiro atoms. The minimum Gasteiger partial charge on any atom is -0.490 e. The molecule has 1 aliphatic heterocycles. The summed E-state index contributed by atoms with van der Waals surface area (Å²) >= 11 is 6.42. The fraction of sp³-hybridized carbons (Fsp3) is 0.550. The maximum Gasteiger partial charge on any atom is 0.180 e. The average molecular weight is 366 g/mol. The third-order valence-electron chi connectivity index (χ3n) is 3.97. The highest BCUT2D eigenvalue weighted by atomic mass is 35.5. The number of carbonyl (C=O) groups excluding carboxylic acids is 1. The predicted molar refractivity (Wildman–Crippen MR) is 103 cm³/mol. The minimum absolute atomic E-state index is 0.00318. The van der Waals surface area contributed by atoms with Crippen LogP contribution in [0.3, 0.4) is 0 Å². The first-order valence-electron chi connectivity index (χ1n) is 9.03. The third-order valence-corrected chi connectivity index (χ3v) is 4.25. The van der Waals surface area contributed by atoms with Gasteiger partial charge < -0.3 is 9.47 Å². The molecule has 1 heterocycles. The van der Waals surface area contributed by atoms with Crippen molar-refractivity contribution in [2.24, 2.45) is 0 Å². The molecule has 0 aliphatic carbocycles. The summed E-state index contributed by atoms with van der Waals surface area (Å²) < 4.78 is 11.5. The number of benzene rings is 1. The van der Waals surface area contributed by atoms with E-state index in [0.29, 0.717) is 36.1 Å². The van der Waals surface area contributed by atoms with Gasteiger partial charge in [0.05, 0.1) is 17.7 Å². The molecule has 0 N–H and O–H groups in total. The van der Waals surface area contributed by atoms with Crippen molar-refractivity contribution in [3.63, 3.8) is 0 Å². The topological polar surface area (TPSA) is 38.8 Å². The Morgan fingerprint density at radius 3 is 2.72 bits per heavy atom. The summed E-state index contributed by atoms with van der Waals surface area (Å²) in [5.41, 5.74) is 1.70. The third kappa shape index (κ3) is 5.48. The maximum atomic E-state index is 12.3. The first kappa shape index (κ1) is 19.8. The second kappa shape index (κ2) is 9.25. The van der Waals surface area contributed by atoms with Crippen molar-refractivity contribution in [3.8, 4) is 11.5 Å². The molecular weight excluding hydrogens is 338 g/mol. The van der Waals surface area contributed by atoms with E-state index in [0.717, 1.165) is 30.6 Å². The van der Waals surface area contributed by atoms with Crippen LogP contribution in [-0.4, -0.2) is 43.0 Å². The van der Waals surface area contributed by atoms with Crippen LogP contribution in [0.5, 0.6) is 11.5 Å². The Labute approximate surface area is 155 Å². The Morgan fingerprint density at radius 1 is 1.32 bits per heavy atom. The summed E-state index contributed by atoms with van der Waals surface area (Å²) in [6.45, 7) is 11.0. The zero-order chi connectivity index (χ0) is 18.4.